The number of benzene rings is 1. The number of aromatic nitrogens is 2. The Bertz CT molecular complexity index is 824. The molecule has 9 heteroatoms. The zero-order valence-corrected chi connectivity index (χ0v) is 16.6. The van der Waals surface area contributed by atoms with Gasteiger partial charge in [0.15, 0.2) is 0 Å². The maximum Gasteiger partial charge on any atom is 0.240 e. The van der Waals surface area contributed by atoms with Crippen LogP contribution in [0.5, 0.6) is 11.8 Å². The predicted octanol–water partition coefficient (Wildman–Crippen LogP) is 1.78. The van der Waals surface area contributed by atoms with E-state index >= 15 is 0 Å². The third kappa shape index (κ3) is 5.89. The maximum atomic E-state index is 12.5. The van der Waals surface area contributed by atoms with E-state index in [4.69, 9.17) is 9.47 Å². The van der Waals surface area contributed by atoms with E-state index < -0.39 is 0 Å². The highest BCUT2D eigenvalue weighted by Crippen LogP contribution is 2.20. The fourth-order valence-electron chi connectivity index (χ4n) is 3.22. The summed E-state index contributed by atoms with van der Waals surface area (Å²) in [4.78, 5) is 35.1. The van der Waals surface area contributed by atoms with Gasteiger partial charge >= 0.3 is 0 Å². The first-order valence-electron chi connectivity index (χ1n) is 9.42. The number of hydrogen-bond donors (Lipinski definition) is 2. The van der Waals surface area contributed by atoms with Gasteiger partial charge in [-0.1, -0.05) is 18.2 Å². The Morgan fingerprint density at radius 1 is 1.10 bits per heavy atom. The first-order chi connectivity index (χ1) is 14.1. The quantitative estimate of drug-likeness (QED) is 0.731. The lowest BCUT2D eigenvalue weighted by molar-refractivity contribution is -0.123. The minimum absolute atomic E-state index is 0.0258. The van der Waals surface area contributed by atoms with Crippen LogP contribution in [-0.4, -0.2) is 60.5 Å². The molecule has 1 atom stereocenters. The molecule has 0 aliphatic carbocycles. The third-order valence-corrected chi connectivity index (χ3v) is 4.63. The molecule has 2 aromatic rings. The molecule has 1 aliphatic rings. The summed E-state index contributed by atoms with van der Waals surface area (Å²) < 4.78 is 10.2. The highest BCUT2D eigenvalue weighted by atomic mass is 16.5. The monoisotopic (exact) mass is 399 g/mol. The second-order valence-corrected chi connectivity index (χ2v) is 6.75. The minimum Gasteiger partial charge on any atom is -0.481 e. The lowest BCUT2D eigenvalue weighted by Crippen LogP contribution is -2.44. The molecule has 154 valence electrons. The van der Waals surface area contributed by atoms with Crippen molar-refractivity contribution in [3.8, 4) is 11.8 Å². The second kappa shape index (κ2) is 9.83. The number of nitrogens with zero attached hydrogens (tertiary/aromatic N) is 3. The van der Waals surface area contributed by atoms with Crippen LogP contribution >= 0.6 is 0 Å². The van der Waals surface area contributed by atoms with Crippen molar-refractivity contribution in [2.75, 3.05) is 44.5 Å². The summed E-state index contributed by atoms with van der Waals surface area (Å²) in [6.45, 7) is 1.43. The van der Waals surface area contributed by atoms with Crippen molar-refractivity contribution in [3.63, 3.8) is 0 Å². The van der Waals surface area contributed by atoms with Crippen molar-refractivity contribution in [1.82, 2.24) is 14.9 Å². The summed E-state index contributed by atoms with van der Waals surface area (Å²) in [6.07, 6.45) is 1.65. The number of hydrogen-bond acceptors (Lipinski definition) is 7. The largest absolute Gasteiger partial charge is 0.481 e. The number of methoxy groups -OCH3 is 2. The Balaban J connectivity index is 1.54. The van der Waals surface area contributed by atoms with Crippen LogP contribution in [-0.2, 0) is 9.59 Å². The van der Waals surface area contributed by atoms with E-state index in [2.05, 4.69) is 20.6 Å². The van der Waals surface area contributed by atoms with Crippen molar-refractivity contribution in [1.29, 1.82) is 0 Å². The number of anilines is 2. The van der Waals surface area contributed by atoms with E-state index in [0.29, 0.717) is 18.3 Å². The van der Waals surface area contributed by atoms with Crippen LogP contribution in [0.25, 0.3) is 0 Å². The van der Waals surface area contributed by atoms with Crippen molar-refractivity contribution < 1.29 is 19.1 Å². The molecule has 29 heavy (non-hydrogen) atoms. The molecule has 2 N–H and O–H groups in total. The Hall–Kier alpha value is -3.20. The molecule has 0 saturated carbocycles. The Morgan fingerprint density at radius 3 is 2.45 bits per heavy atom. The number of amides is 2. The molecule has 0 bridgehead atoms. The van der Waals surface area contributed by atoms with Crippen LogP contribution in [0, 0.1) is 5.92 Å². The topological polar surface area (TPSA) is 106 Å². The fraction of sp³-hybridized carbons (Fsp3) is 0.400. The zero-order valence-electron chi connectivity index (χ0n) is 16.6. The number of piperidine rings is 1. The molecule has 1 saturated heterocycles. The molecule has 2 heterocycles. The van der Waals surface area contributed by atoms with Crippen LogP contribution in [0.2, 0.25) is 0 Å². The van der Waals surface area contributed by atoms with E-state index in [1.807, 2.05) is 35.2 Å². The summed E-state index contributed by atoms with van der Waals surface area (Å²) in [5.74, 6) is 0.253. The minimum atomic E-state index is -0.260. The fourth-order valence-corrected chi connectivity index (χ4v) is 3.22. The van der Waals surface area contributed by atoms with Crippen molar-refractivity contribution in [3.05, 3.63) is 36.4 Å². The van der Waals surface area contributed by atoms with E-state index in [1.54, 1.807) is 0 Å². The number of likely N-dealkylation sites (tertiary alicyclic amines) is 1. The Labute approximate surface area is 169 Å². The Kier molecular flexibility index (Phi) is 6.96. The van der Waals surface area contributed by atoms with Gasteiger partial charge in [-0.05, 0) is 31.5 Å². The standard InChI is InChI=1S/C20H25N5O4/c1-28-17-11-18(29-2)24-20(23-17)22-16(26)13-25-10-6-7-14(12-25)19(27)21-15-8-4-3-5-9-15/h3-5,8-9,11,14H,6-7,10,12-13H2,1-2H3,(H,21,27)(H,22,23,24,26)/t14-/m0/s1. The van der Waals surface area contributed by atoms with Crippen LogP contribution in [0.15, 0.2) is 36.4 Å². The van der Waals surface area contributed by atoms with E-state index in [9.17, 15) is 9.59 Å². The molecule has 1 fully saturated rings. The summed E-state index contributed by atoms with van der Waals surface area (Å²) >= 11 is 0. The molecule has 0 unspecified atom stereocenters. The summed E-state index contributed by atoms with van der Waals surface area (Å²) in [7, 11) is 2.95. The van der Waals surface area contributed by atoms with Gasteiger partial charge in [0.25, 0.3) is 0 Å². The summed E-state index contributed by atoms with van der Waals surface area (Å²) in [5, 5.41) is 5.60. The van der Waals surface area contributed by atoms with Crippen LogP contribution < -0.4 is 20.1 Å². The number of ether oxygens (including phenoxy) is 2. The second-order valence-electron chi connectivity index (χ2n) is 6.75. The maximum absolute atomic E-state index is 12.5. The number of para-hydroxylation sites is 1. The smallest absolute Gasteiger partial charge is 0.240 e. The van der Waals surface area contributed by atoms with Gasteiger partial charge in [-0.3, -0.25) is 19.8 Å². The molecule has 1 aliphatic heterocycles. The summed E-state index contributed by atoms with van der Waals surface area (Å²) in [6, 6.07) is 10.9. The average Bonchev–Trinajstić information content (AvgIpc) is 2.74. The lowest BCUT2D eigenvalue weighted by atomic mass is 9.97. The van der Waals surface area contributed by atoms with Gasteiger partial charge < -0.3 is 14.8 Å². The number of nitrogens with one attached hydrogen (secondary N) is 2. The van der Waals surface area contributed by atoms with E-state index in [-0.39, 0.29) is 30.2 Å². The molecule has 9 nitrogen and oxygen atoms in total. The van der Waals surface area contributed by atoms with Crippen molar-refractivity contribution in [2.45, 2.75) is 12.8 Å². The van der Waals surface area contributed by atoms with Gasteiger partial charge in [0.1, 0.15) is 0 Å². The van der Waals surface area contributed by atoms with Gasteiger partial charge in [0.05, 0.1) is 32.7 Å². The highest BCUT2D eigenvalue weighted by Gasteiger charge is 2.27. The molecule has 1 aromatic heterocycles. The lowest BCUT2D eigenvalue weighted by Gasteiger charge is -2.31. The zero-order chi connectivity index (χ0) is 20.6. The molecule has 0 spiro atoms. The normalized spacial score (nSPS) is 16.7. The number of rotatable bonds is 7. The van der Waals surface area contributed by atoms with Crippen LogP contribution in [0.3, 0.4) is 0 Å². The van der Waals surface area contributed by atoms with Gasteiger partial charge in [0.2, 0.25) is 29.5 Å². The number of carbonyl (C=O) groups excluding carboxylic acids is 2. The SMILES string of the molecule is COc1cc(OC)nc(NC(=O)CN2CCC[C@H](C(=O)Nc3ccccc3)C2)n1. The van der Waals surface area contributed by atoms with Crippen LogP contribution in [0.4, 0.5) is 11.6 Å². The summed E-state index contributed by atoms with van der Waals surface area (Å²) in [5.41, 5.74) is 0.775. The van der Waals surface area contributed by atoms with E-state index in [1.165, 1.54) is 20.3 Å². The first-order valence-corrected chi connectivity index (χ1v) is 9.42. The van der Waals surface area contributed by atoms with Crippen molar-refractivity contribution in [2.24, 2.45) is 5.92 Å². The number of carbonyl (C=O) groups is 2. The molecule has 1 aromatic carbocycles. The first kappa shape index (κ1) is 20.5. The molecular formula is C20H25N5O4. The highest BCUT2D eigenvalue weighted by molar-refractivity contribution is 5.93. The predicted molar refractivity (Wildman–Crippen MR) is 108 cm³/mol. The van der Waals surface area contributed by atoms with Crippen LogP contribution in [0.1, 0.15) is 12.8 Å². The van der Waals surface area contributed by atoms with Gasteiger partial charge in [0, 0.05) is 12.2 Å². The van der Waals surface area contributed by atoms with Gasteiger partial charge in [-0.15, -0.1) is 0 Å². The van der Waals surface area contributed by atoms with Crippen molar-refractivity contribution >= 4 is 23.5 Å². The molecule has 2 amide bonds. The Morgan fingerprint density at radius 2 is 1.79 bits per heavy atom. The van der Waals surface area contributed by atoms with E-state index in [0.717, 1.165) is 25.1 Å². The third-order valence-electron chi connectivity index (χ3n) is 4.63. The average molecular weight is 399 g/mol. The molecule has 0 radical (unpaired) electrons. The molecular weight excluding hydrogens is 374 g/mol. The van der Waals surface area contributed by atoms with Gasteiger partial charge in [-0.2, -0.15) is 9.97 Å². The molecule has 3 rings (SSSR count). The van der Waals surface area contributed by atoms with Gasteiger partial charge in [-0.25, -0.2) is 0 Å².